The van der Waals surface area contributed by atoms with Crippen molar-refractivity contribution in [3.63, 3.8) is 0 Å². The number of hydrogen-bond acceptors (Lipinski definition) is 2. The molecule has 12 heavy (non-hydrogen) atoms. The largest absolute Gasteiger partial charge is 0.477 e. The number of thiophene rings is 1. The minimum atomic E-state index is -1.30. The first kappa shape index (κ1) is 9.47. The molecule has 0 bridgehead atoms. The summed E-state index contributed by atoms with van der Waals surface area (Å²) in [4.78, 5) is 11.0. The van der Waals surface area contributed by atoms with E-state index in [1.165, 1.54) is 15.8 Å². The number of rotatable bonds is 2. The van der Waals surface area contributed by atoms with Crippen LogP contribution in [0.2, 0.25) is 19.6 Å². The quantitative estimate of drug-likeness (QED) is 0.741. The van der Waals surface area contributed by atoms with E-state index in [1.54, 1.807) is 6.07 Å². The van der Waals surface area contributed by atoms with Crippen molar-refractivity contribution in [2.24, 2.45) is 0 Å². The minimum Gasteiger partial charge on any atom is -0.477 e. The van der Waals surface area contributed by atoms with Gasteiger partial charge in [0.2, 0.25) is 0 Å². The molecule has 0 spiro atoms. The molecule has 0 unspecified atom stereocenters. The summed E-state index contributed by atoms with van der Waals surface area (Å²) in [5, 5.41) is 8.69. The van der Waals surface area contributed by atoms with E-state index in [2.05, 4.69) is 19.6 Å². The molecule has 1 N–H and O–H groups in total. The highest BCUT2D eigenvalue weighted by atomic mass is 32.1. The molecular formula is C8H12O2SSi. The third-order valence-electron chi connectivity index (χ3n) is 1.56. The van der Waals surface area contributed by atoms with E-state index >= 15 is 0 Å². The van der Waals surface area contributed by atoms with Gasteiger partial charge in [-0.15, -0.1) is 11.3 Å². The maximum Gasteiger partial charge on any atom is 0.345 e. The minimum absolute atomic E-state index is 0.451. The Bertz CT molecular complexity index is 298. The maximum absolute atomic E-state index is 10.6. The molecule has 0 radical (unpaired) electrons. The lowest BCUT2D eigenvalue weighted by atomic mass is 10.5. The van der Waals surface area contributed by atoms with Gasteiger partial charge in [0.05, 0.1) is 8.07 Å². The van der Waals surface area contributed by atoms with Crippen LogP contribution in [0.1, 0.15) is 9.67 Å². The zero-order valence-corrected chi connectivity index (χ0v) is 9.23. The van der Waals surface area contributed by atoms with Gasteiger partial charge in [0.15, 0.2) is 0 Å². The monoisotopic (exact) mass is 200 g/mol. The first-order valence-electron chi connectivity index (χ1n) is 3.75. The number of aromatic carboxylic acids is 1. The molecule has 0 atom stereocenters. The molecule has 1 heterocycles. The molecular weight excluding hydrogens is 188 g/mol. The average molecular weight is 200 g/mol. The summed E-state index contributed by atoms with van der Waals surface area (Å²) in [6.07, 6.45) is 0. The summed E-state index contributed by atoms with van der Waals surface area (Å²) in [5.74, 6) is -0.815. The Labute approximate surface area is 76.9 Å². The van der Waals surface area contributed by atoms with E-state index in [4.69, 9.17) is 5.11 Å². The highest BCUT2D eigenvalue weighted by molar-refractivity contribution is 7.27. The Balaban J connectivity index is 3.00. The molecule has 1 aromatic heterocycles. The highest BCUT2D eigenvalue weighted by Gasteiger charge is 2.19. The maximum atomic E-state index is 10.6. The van der Waals surface area contributed by atoms with Crippen molar-refractivity contribution in [1.29, 1.82) is 0 Å². The molecule has 66 valence electrons. The Morgan fingerprint density at radius 2 is 2.00 bits per heavy atom. The van der Waals surface area contributed by atoms with E-state index in [0.29, 0.717) is 4.88 Å². The van der Waals surface area contributed by atoms with Crippen molar-refractivity contribution >= 4 is 29.9 Å². The fourth-order valence-electron chi connectivity index (χ4n) is 0.856. The van der Waals surface area contributed by atoms with Crippen LogP contribution in [0.25, 0.3) is 0 Å². The van der Waals surface area contributed by atoms with Crippen LogP contribution in [0, 0.1) is 0 Å². The Kier molecular flexibility index (Phi) is 2.39. The van der Waals surface area contributed by atoms with Crippen molar-refractivity contribution in [2.45, 2.75) is 19.6 Å². The average Bonchev–Trinajstić information content (AvgIpc) is 2.30. The lowest BCUT2D eigenvalue weighted by Gasteiger charge is -2.11. The third-order valence-corrected chi connectivity index (χ3v) is 6.23. The van der Waals surface area contributed by atoms with Crippen molar-refractivity contribution in [3.8, 4) is 0 Å². The number of hydrogen-bond donors (Lipinski definition) is 1. The summed E-state index contributed by atoms with van der Waals surface area (Å²) in [6.45, 7) is 6.64. The molecule has 4 heteroatoms. The van der Waals surface area contributed by atoms with Crippen molar-refractivity contribution in [2.75, 3.05) is 0 Å². The molecule has 0 saturated heterocycles. The predicted octanol–water partition coefficient (Wildman–Crippen LogP) is 1.99. The Morgan fingerprint density at radius 1 is 1.42 bits per heavy atom. The van der Waals surface area contributed by atoms with E-state index in [1.807, 2.05) is 6.07 Å². The lowest BCUT2D eigenvalue weighted by Crippen LogP contribution is -2.34. The molecule has 1 aromatic rings. The topological polar surface area (TPSA) is 37.3 Å². The molecule has 0 aliphatic carbocycles. The Hall–Kier alpha value is -0.613. The molecule has 0 fully saturated rings. The van der Waals surface area contributed by atoms with Crippen molar-refractivity contribution in [3.05, 3.63) is 17.0 Å². The van der Waals surface area contributed by atoms with Gasteiger partial charge in [-0.1, -0.05) is 25.7 Å². The normalized spacial score (nSPS) is 11.6. The summed E-state index contributed by atoms with van der Waals surface area (Å²) in [6, 6.07) is 3.64. The van der Waals surface area contributed by atoms with Gasteiger partial charge in [-0.05, 0) is 10.6 Å². The van der Waals surface area contributed by atoms with Gasteiger partial charge in [-0.3, -0.25) is 0 Å². The highest BCUT2D eigenvalue weighted by Crippen LogP contribution is 2.12. The van der Waals surface area contributed by atoms with Gasteiger partial charge < -0.3 is 5.11 Å². The van der Waals surface area contributed by atoms with Gasteiger partial charge in [0.25, 0.3) is 0 Å². The van der Waals surface area contributed by atoms with Crippen molar-refractivity contribution < 1.29 is 9.90 Å². The van der Waals surface area contributed by atoms with Crippen LogP contribution in [0.15, 0.2) is 12.1 Å². The summed E-state index contributed by atoms with van der Waals surface area (Å²) in [7, 11) is -1.30. The molecule has 1 rings (SSSR count). The van der Waals surface area contributed by atoms with Gasteiger partial charge in [0, 0.05) is 0 Å². The summed E-state index contributed by atoms with van der Waals surface area (Å²) < 4.78 is 1.25. The van der Waals surface area contributed by atoms with E-state index < -0.39 is 14.0 Å². The zero-order chi connectivity index (χ0) is 9.35. The predicted molar refractivity (Wildman–Crippen MR) is 54.3 cm³/mol. The second-order valence-corrected chi connectivity index (χ2v) is 10.2. The number of carboxylic acid groups (broad SMARTS) is 1. The van der Waals surface area contributed by atoms with Gasteiger partial charge in [-0.25, -0.2) is 4.79 Å². The first-order valence-corrected chi connectivity index (χ1v) is 8.06. The van der Waals surface area contributed by atoms with Gasteiger partial charge >= 0.3 is 5.97 Å². The third kappa shape index (κ3) is 1.95. The molecule has 2 nitrogen and oxygen atoms in total. The second kappa shape index (κ2) is 3.03. The SMILES string of the molecule is C[Si](C)(C)c1ccc(C(=O)O)s1. The van der Waals surface area contributed by atoms with Crippen LogP contribution in [-0.4, -0.2) is 19.1 Å². The second-order valence-electron chi connectivity index (χ2n) is 3.72. The number of carboxylic acids is 1. The van der Waals surface area contributed by atoms with Crippen LogP contribution >= 0.6 is 11.3 Å². The smallest absolute Gasteiger partial charge is 0.345 e. The van der Waals surface area contributed by atoms with Crippen LogP contribution in [0.4, 0.5) is 0 Å². The molecule has 0 amide bonds. The zero-order valence-electron chi connectivity index (χ0n) is 7.42. The fourth-order valence-corrected chi connectivity index (χ4v) is 3.59. The van der Waals surface area contributed by atoms with E-state index in [9.17, 15) is 4.79 Å². The Morgan fingerprint density at radius 3 is 2.25 bits per heavy atom. The van der Waals surface area contributed by atoms with E-state index in [0.717, 1.165) is 0 Å². The van der Waals surface area contributed by atoms with Crippen LogP contribution in [0.5, 0.6) is 0 Å². The standard InChI is InChI=1S/C8H12O2SSi/c1-12(2,3)7-5-4-6(11-7)8(9)10/h4-5H,1-3H3,(H,9,10). The van der Waals surface area contributed by atoms with Crippen LogP contribution < -0.4 is 4.50 Å². The van der Waals surface area contributed by atoms with Gasteiger partial charge in [-0.2, -0.15) is 0 Å². The molecule has 0 aliphatic rings. The summed E-state index contributed by atoms with van der Waals surface area (Å²) in [5.41, 5.74) is 0. The number of carbonyl (C=O) groups is 1. The molecule has 0 aromatic carbocycles. The first-order chi connectivity index (χ1) is 5.41. The van der Waals surface area contributed by atoms with Crippen molar-refractivity contribution in [1.82, 2.24) is 0 Å². The summed E-state index contributed by atoms with van der Waals surface area (Å²) >= 11 is 1.41. The van der Waals surface area contributed by atoms with Crippen LogP contribution in [-0.2, 0) is 0 Å². The van der Waals surface area contributed by atoms with E-state index in [-0.39, 0.29) is 0 Å². The molecule has 0 aliphatic heterocycles. The van der Waals surface area contributed by atoms with Crippen LogP contribution in [0.3, 0.4) is 0 Å². The lowest BCUT2D eigenvalue weighted by molar-refractivity contribution is 0.0702. The van der Waals surface area contributed by atoms with Gasteiger partial charge in [0.1, 0.15) is 4.88 Å². The molecule has 0 saturated carbocycles. The fraction of sp³-hybridized carbons (Fsp3) is 0.375.